The molecular weight excluding hydrogens is 302 g/mol. The summed E-state index contributed by atoms with van der Waals surface area (Å²) in [7, 11) is 0. The molecule has 0 radical (unpaired) electrons. The third-order valence-electron chi connectivity index (χ3n) is 3.20. The lowest BCUT2D eigenvalue weighted by molar-refractivity contribution is 0.0697. The van der Waals surface area contributed by atoms with Crippen LogP contribution in [0.2, 0.25) is 0 Å². The maximum absolute atomic E-state index is 11.8. The van der Waals surface area contributed by atoms with Gasteiger partial charge in [0.1, 0.15) is 11.6 Å². The molecule has 0 spiro atoms. The van der Waals surface area contributed by atoms with Gasteiger partial charge in [-0.3, -0.25) is 5.32 Å². The number of hydrogen-bond donors (Lipinski definition) is 2. The first-order chi connectivity index (χ1) is 10.5. The van der Waals surface area contributed by atoms with Gasteiger partial charge in [-0.25, -0.2) is 9.59 Å². The molecule has 6 heteroatoms. The molecule has 2 N–H and O–H groups in total. The van der Waals surface area contributed by atoms with Crippen molar-refractivity contribution in [1.29, 1.82) is 0 Å². The number of anilines is 1. The summed E-state index contributed by atoms with van der Waals surface area (Å²) < 4.78 is 5.11. The number of benzene rings is 1. The second-order valence-corrected chi connectivity index (χ2v) is 5.91. The van der Waals surface area contributed by atoms with Crippen LogP contribution in [0.15, 0.2) is 30.3 Å². The number of carboxylic acids is 1. The Morgan fingerprint density at radius 1 is 1.27 bits per heavy atom. The lowest BCUT2D eigenvalue weighted by atomic mass is 10.1. The topological polar surface area (TPSA) is 75.6 Å². The van der Waals surface area contributed by atoms with E-state index in [1.54, 1.807) is 0 Å². The number of ether oxygens (including phenoxy) is 1. The van der Waals surface area contributed by atoms with Gasteiger partial charge in [0.05, 0.1) is 5.56 Å². The highest BCUT2D eigenvalue weighted by Crippen LogP contribution is 2.33. The summed E-state index contributed by atoms with van der Waals surface area (Å²) in [5, 5.41) is 12.2. The summed E-state index contributed by atoms with van der Waals surface area (Å²) in [4.78, 5) is 24.1. The summed E-state index contributed by atoms with van der Waals surface area (Å²) >= 11 is 1.25. The van der Waals surface area contributed by atoms with Crippen molar-refractivity contribution < 1.29 is 19.4 Å². The average molecular weight is 319 g/mol. The quantitative estimate of drug-likeness (QED) is 0.871. The average Bonchev–Trinajstić information content (AvgIpc) is 2.81. The summed E-state index contributed by atoms with van der Waals surface area (Å²) in [6.07, 6.45) is -0.0553. The first-order valence-corrected chi connectivity index (χ1v) is 7.67. The molecule has 0 aliphatic carbocycles. The van der Waals surface area contributed by atoms with Crippen molar-refractivity contribution in [3.05, 3.63) is 51.9 Å². The number of thiophene rings is 1. The molecule has 1 amide bonds. The Kier molecular flexibility index (Phi) is 5.16. The first kappa shape index (κ1) is 16.0. The van der Waals surface area contributed by atoms with E-state index in [1.165, 1.54) is 11.3 Å². The molecular formula is C16H17NO4S. The van der Waals surface area contributed by atoms with Crippen molar-refractivity contribution in [2.75, 3.05) is 5.32 Å². The minimum absolute atomic E-state index is 0.139. The molecule has 0 aliphatic rings. The van der Waals surface area contributed by atoms with Crippen LogP contribution in [0.5, 0.6) is 0 Å². The van der Waals surface area contributed by atoms with E-state index in [4.69, 9.17) is 4.74 Å². The molecule has 2 rings (SSSR count). The van der Waals surface area contributed by atoms with Gasteiger partial charge in [-0.1, -0.05) is 37.3 Å². The van der Waals surface area contributed by atoms with Crippen LogP contribution >= 0.6 is 11.3 Å². The van der Waals surface area contributed by atoms with Crippen LogP contribution in [0.3, 0.4) is 0 Å². The molecule has 22 heavy (non-hydrogen) atoms. The number of carbonyl (C=O) groups is 2. The van der Waals surface area contributed by atoms with E-state index in [0.717, 1.165) is 16.0 Å². The Labute approximate surface area is 132 Å². The van der Waals surface area contributed by atoms with Crippen molar-refractivity contribution in [2.24, 2.45) is 0 Å². The molecule has 0 aliphatic heterocycles. The molecule has 1 aromatic heterocycles. The van der Waals surface area contributed by atoms with Gasteiger partial charge in [0.2, 0.25) is 0 Å². The van der Waals surface area contributed by atoms with Crippen LogP contribution in [0.25, 0.3) is 0 Å². The lowest BCUT2D eigenvalue weighted by Gasteiger charge is -2.07. The number of carboxylic acid groups (broad SMARTS) is 1. The smallest absolute Gasteiger partial charge is 0.412 e. The van der Waals surface area contributed by atoms with E-state index in [0.29, 0.717) is 11.4 Å². The van der Waals surface area contributed by atoms with E-state index in [-0.39, 0.29) is 12.2 Å². The second kappa shape index (κ2) is 7.09. The normalized spacial score (nSPS) is 10.3. The zero-order valence-corrected chi connectivity index (χ0v) is 13.2. The number of amides is 1. The van der Waals surface area contributed by atoms with Crippen LogP contribution < -0.4 is 5.32 Å². The van der Waals surface area contributed by atoms with Gasteiger partial charge in [-0.2, -0.15) is 0 Å². The third-order valence-corrected chi connectivity index (χ3v) is 4.27. The molecule has 0 saturated heterocycles. The lowest BCUT2D eigenvalue weighted by Crippen LogP contribution is -2.15. The molecule has 1 aromatic carbocycles. The zero-order chi connectivity index (χ0) is 16.1. The van der Waals surface area contributed by atoms with Crippen LogP contribution in [-0.2, 0) is 17.8 Å². The van der Waals surface area contributed by atoms with Crippen LogP contribution in [0.4, 0.5) is 9.80 Å². The van der Waals surface area contributed by atoms with Crippen LogP contribution in [0, 0.1) is 6.92 Å². The van der Waals surface area contributed by atoms with E-state index >= 15 is 0 Å². The molecule has 116 valence electrons. The van der Waals surface area contributed by atoms with Crippen LogP contribution in [0.1, 0.15) is 33.3 Å². The number of nitrogens with one attached hydrogen (secondary N) is 1. The molecule has 5 nitrogen and oxygen atoms in total. The van der Waals surface area contributed by atoms with Crippen molar-refractivity contribution in [3.63, 3.8) is 0 Å². The fourth-order valence-corrected chi connectivity index (χ4v) is 3.29. The highest BCUT2D eigenvalue weighted by Gasteiger charge is 2.22. The Balaban J connectivity index is 2.07. The predicted octanol–water partition coefficient (Wildman–Crippen LogP) is 4.07. The van der Waals surface area contributed by atoms with Crippen LogP contribution in [-0.4, -0.2) is 17.2 Å². The van der Waals surface area contributed by atoms with Gasteiger partial charge in [0.25, 0.3) is 0 Å². The van der Waals surface area contributed by atoms with Gasteiger partial charge in [0, 0.05) is 4.88 Å². The van der Waals surface area contributed by atoms with E-state index in [9.17, 15) is 14.7 Å². The highest BCUT2D eigenvalue weighted by atomic mass is 32.1. The van der Waals surface area contributed by atoms with Crippen molar-refractivity contribution in [3.8, 4) is 0 Å². The van der Waals surface area contributed by atoms with E-state index in [1.807, 2.05) is 44.2 Å². The predicted molar refractivity (Wildman–Crippen MR) is 85.6 cm³/mol. The largest absolute Gasteiger partial charge is 0.478 e. The summed E-state index contributed by atoms with van der Waals surface area (Å²) in [6, 6.07) is 9.29. The maximum Gasteiger partial charge on any atom is 0.412 e. The number of rotatable bonds is 5. The number of aromatic carboxylic acids is 1. The van der Waals surface area contributed by atoms with Crippen molar-refractivity contribution >= 4 is 28.4 Å². The Hall–Kier alpha value is -2.34. The highest BCUT2D eigenvalue weighted by molar-refractivity contribution is 7.16. The maximum atomic E-state index is 11.8. The third kappa shape index (κ3) is 3.65. The molecule has 0 unspecified atom stereocenters. The fourth-order valence-electron chi connectivity index (χ4n) is 2.17. The molecule has 1 heterocycles. The second-order valence-electron chi connectivity index (χ2n) is 4.69. The van der Waals surface area contributed by atoms with Crippen molar-refractivity contribution in [1.82, 2.24) is 0 Å². The Morgan fingerprint density at radius 3 is 2.55 bits per heavy atom. The summed E-state index contributed by atoms with van der Waals surface area (Å²) in [6.45, 7) is 3.87. The number of hydrogen-bond acceptors (Lipinski definition) is 4. The molecule has 0 fully saturated rings. The molecule has 2 aromatic rings. The van der Waals surface area contributed by atoms with Crippen molar-refractivity contribution in [2.45, 2.75) is 26.9 Å². The molecule has 0 atom stereocenters. The SMILES string of the molecule is CCc1c(C)sc(NC(=O)OCc2ccccc2)c1C(=O)O. The minimum atomic E-state index is -1.04. The Bertz CT molecular complexity index is 679. The van der Waals surface area contributed by atoms with Gasteiger partial charge in [-0.15, -0.1) is 11.3 Å². The monoisotopic (exact) mass is 319 g/mol. The Morgan fingerprint density at radius 2 is 1.95 bits per heavy atom. The number of carbonyl (C=O) groups excluding carboxylic acids is 1. The van der Waals surface area contributed by atoms with Gasteiger partial charge < -0.3 is 9.84 Å². The fraction of sp³-hybridized carbons (Fsp3) is 0.250. The molecule has 0 saturated carbocycles. The van der Waals surface area contributed by atoms with E-state index < -0.39 is 12.1 Å². The van der Waals surface area contributed by atoms with Gasteiger partial charge >= 0.3 is 12.1 Å². The summed E-state index contributed by atoms with van der Waals surface area (Å²) in [5.74, 6) is -1.04. The zero-order valence-electron chi connectivity index (χ0n) is 12.4. The first-order valence-electron chi connectivity index (χ1n) is 6.86. The standard InChI is InChI=1S/C16H17NO4S/c1-3-12-10(2)22-14(13(12)15(18)19)17-16(20)21-9-11-7-5-4-6-8-11/h4-8H,3,9H2,1-2H3,(H,17,20)(H,18,19). The summed E-state index contributed by atoms with van der Waals surface area (Å²) in [5.41, 5.74) is 1.77. The minimum Gasteiger partial charge on any atom is -0.478 e. The molecule has 0 bridgehead atoms. The number of aryl methyl sites for hydroxylation is 1. The van der Waals surface area contributed by atoms with Gasteiger partial charge in [0.15, 0.2) is 0 Å². The van der Waals surface area contributed by atoms with E-state index in [2.05, 4.69) is 5.32 Å². The van der Waals surface area contributed by atoms with Gasteiger partial charge in [-0.05, 0) is 24.5 Å².